The predicted molar refractivity (Wildman–Crippen MR) is 466 cm³/mol. The molecule has 0 aliphatic heterocycles. The average Bonchev–Trinajstić information content (AvgIpc) is 1.59. The van der Waals surface area contributed by atoms with E-state index in [9.17, 15) is 58.3 Å². The highest BCUT2D eigenvalue weighted by Crippen LogP contribution is 2.46. The number of rotatable bonds is 12. The largest absolute Gasteiger partial charge is 0.478 e. The molecule has 20 aromatic rings. The first-order valence-electron chi connectivity index (χ1n) is 41.4. The number of aryl methyl sites for hydroxylation is 1. The predicted octanol–water partition coefficient (Wildman–Crippen LogP) is 19.3. The van der Waals surface area contributed by atoms with Crippen molar-refractivity contribution in [1.29, 1.82) is 0 Å². The minimum absolute atomic E-state index is 0.141. The number of hydrogen-bond acceptors (Lipinski definition) is 19. The summed E-state index contributed by atoms with van der Waals surface area (Å²) < 4.78 is 162. The molecule has 0 unspecified atom stereocenters. The van der Waals surface area contributed by atoms with Gasteiger partial charge in [-0.25, -0.2) is 108 Å². The quantitative estimate of drug-likeness (QED) is 0.0847. The Labute approximate surface area is 754 Å². The molecule has 10 aromatic carbocycles. The first kappa shape index (κ1) is 88.5. The van der Waals surface area contributed by atoms with Crippen LogP contribution in [0.15, 0.2) is 194 Å². The van der Waals surface area contributed by atoms with Gasteiger partial charge in [0.25, 0.3) is 0 Å². The number of carbonyl (C=O) groups excluding carboxylic acids is 6. The van der Waals surface area contributed by atoms with E-state index in [1.807, 2.05) is 81.4 Å². The van der Waals surface area contributed by atoms with Crippen molar-refractivity contribution in [3.63, 3.8) is 0 Å². The molecule has 0 radical (unpaired) electrons. The molecule has 25 rings (SSSR count). The third-order valence-corrected chi connectivity index (χ3v) is 23.3. The summed E-state index contributed by atoms with van der Waals surface area (Å²) in [5, 5.41) is 9.12. The van der Waals surface area contributed by atoms with Crippen LogP contribution in [0.25, 0.3) is 134 Å². The summed E-state index contributed by atoms with van der Waals surface area (Å²) in [7, 11) is 2.68. The van der Waals surface area contributed by atoms with Crippen molar-refractivity contribution in [2.24, 2.45) is 0 Å². The lowest BCUT2D eigenvalue weighted by atomic mass is 10.2. The number of methoxy groups -OCH3 is 2. The number of aromatic carboxylic acids is 1. The molecule has 2 N–H and O–H groups in total. The number of aromatic nitrogens is 20. The standard InChI is InChI=1S/C19H14F2N4O2.C18H12F2N4O2.C18H14F2N4.C17H12F2N4.C10H7BrF2N2.C9H8N2O2.2CO2/c1-27-18(26)10-2-5-16-14(6-10)22-9-24(16)19-23-15-7-12(20)13(21)8-17(15)25(19)11-3-4-11;19-11-6-14-16(7-12(11)20)24(10-2-3-10)18(22-14)23-8-21-13-5-9(17(25)26)1-4-15(13)23;1-10-2-5-14-16(6-10)23(9-21-14)18-22-15-7-12(19)13(20)8-17(15)24(18)11-3-4-11;18-11-7-14-16(8-12(11)19)23(10-5-6-10)17(21-14)22-9-20-13-3-1-2-4-15(13)22;11-10-14-8-3-6(12)7(13)4-9(8)15(10)5-1-2-5;1-13-9(12)6-2-3-7-8(4-6)11-5-10-7;2*2-1-3/h2,5-9,11H,3-4H2,1H3;1,4-8,10H,2-3H2,(H,25,26);2,5-9,11H,3-4H2,1H3;1-4,7-10H,5-6H2;3-5H,1-2H2;2-5H,1H3,(H,10,11);;. The zero-order valence-electron chi connectivity index (χ0n) is 70.1. The van der Waals surface area contributed by atoms with Gasteiger partial charge >= 0.3 is 30.2 Å². The molecule has 10 aromatic heterocycles. The monoisotopic (exact) mass is 1890 g/mol. The smallest absolute Gasteiger partial charge is 0.373 e. The van der Waals surface area contributed by atoms with E-state index in [1.165, 1.54) is 56.7 Å². The van der Waals surface area contributed by atoms with E-state index in [0.717, 1.165) is 139 Å². The summed E-state index contributed by atoms with van der Waals surface area (Å²) in [6.07, 6.45) is 18.7. The fraction of sp³-hybridized carbons (Fsp3) is 0.194. The van der Waals surface area contributed by atoms with E-state index in [4.69, 9.17) is 29.0 Å². The van der Waals surface area contributed by atoms with Crippen molar-refractivity contribution in [3.8, 4) is 23.8 Å². The van der Waals surface area contributed by atoms with Crippen LogP contribution in [0.5, 0.6) is 0 Å². The van der Waals surface area contributed by atoms with Crippen LogP contribution in [0.2, 0.25) is 0 Å². The van der Waals surface area contributed by atoms with Gasteiger partial charge in [-0.2, -0.15) is 19.2 Å². The average molecular weight is 1890 g/mol. The van der Waals surface area contributed by atoms with E-state index in [2.05, 4.69) is 75.5 Å². The maximum atomic E-state index is 13.8. The molecule has 0 saturated heterocycles. The molecule has 10 heterocycles. The third kappa shape index (κ3) is 17.5. The second kappa shape index (κ2) is 36.3. The van der Waals surface area contributed by atoms with Crippen molar-refractivity contribution in [2.45, 2.75) is 101 Å². The van der Waals surface area contributed by atoms with Crippen molar-refractivity contribution in [3.05, 3.63) is 275 Å². The van der Waals surface area contributed by atoms with Crippen LogP contribution < -0.4 is 0 Å². The highest BCUT2D eigenvalue weighted by molar-refractivity contribution is 9.10. The topological polar surface area (TPSA) is 347 Å². The number of fused-ring (bicyclic) bond motifs is 10. The molecular formula is C93H67BrF10N20O10. The van der Waals surface area contributed by atoms with Crippen LogP contribution in [-0.4, -0.2) is 145 Å². The number of halogens is 11. The van der Waals surface area contributed by atoms with Crippen LogP contribution >= 0.6 is 15.9 Å². The third-order valence-electron chi connectivity index (χ3n) is 22.7. The van der Waals surface area contributed by atoms with Crippen LogP contribution in [-0.2, 0) is 28.7 Å². The van der Waals surface area contributed by atoms with E-state index in [-0.39, 0.29) is 48.0 Å². The maximum Gasteiger partial charge on any atom is 0.373 e. The van der Waals surface area contributed by atoms with Crippen LogP contribution in [0.4, 0.5) is 43.9 Å². The second-order valence-corrected chi connectivity index (χ2v) is 32.5. The summed E-state index contributed by atoms with van der Waals surface area (Å²) in [6.45, 7) is 2.02. The number of H-pyrrole nitrogens is 1. The Morgan fingerprint density at radius 1 is 0.343 bits per heavy atom. The number of carboxylic acids is 1. The number of imidazole rings is 10. The van der Waals surface area contributed by atoms with Gasteiger partial charge in [0.1, 0.15) is 25.3 Å². The summed E-state index contributed by atoms with van der Waals surface area (Å²) in [5.74, 6) is -8.22. The van der Waals surface area contributed by atoms with Gasteiger partial charge in [-0.3, -0.25) is 18.3 Å². The summed E-state index contributed by atoms with van der Waals surface area (Å²) >= 11 is 3.31. The number of ether oxygens (including phenoxy) is 2. The Hall–Kier alpha value is -16.2. The van der Waals surface area contributed by atoms with E-state index < -0.39 is 70.1 Å². The number of esters is 2. The number of nitrogens with zero attached hydrogens (tertiary/aromatic N) is 19. The summed E-state index contributed by atoms with van der Waals surface area (Å²) in [4.78, 5) is 113. The number of benzene rings is 10. The fourth-order valence-electron chi connectivity index (χ4n) is 15.8. The SMILES string of the molecule is COC(=O)c1ccc2c(c1)ncn2-c1nc2cc(F)c(F)cc2n1C1CC1.COC(=O)c1ccc2nc[nH]c2c1.Cc1ccc2ncn(-c3nc4cc(F)c(F)cc4n3C3CC3)c2c1.Fc1cc2nc(-n3cnc4ccccc43)n(C3CC3)c2cc1F.Fc1cc2nc(Br)n(C3CC3)c2cc1F.O=C(O)c1ccc2c(c1)ncn2-c1nc2cc(F)c(F)cc2n1C1CC1.O=C=O.O=C=O. The number of hydrogen-bond donors (Lipinski definition) is 2. The van der Waals surface area contributed by atoms with Gasteiger partial charge in [-0.1, -0.05) is 18.2 Å². The molecule has 134 heavy (non-hydrogen) atoms. The Morgan fingerprint density at radius 3 is 1.04 bits per heavy atom. The van der Waals surface area contributed by atoms with Gasteiger partial charge in [0.2, 0.25) is 23.8 Å². The first-order chi connectivity index (χ1) is 64.7. The van der Waals surface area contributed by atoms with Gasteiger partial charge in [-0.15, -0.1) is 0 Å². The highest BCUT2D eigenvalue weighted by Gasteiger charge is 2.36. The van der Waals surface area contributed by atoms with Gasteiger partial charge in [0.05, 0.1) is 148 Å². The molecule has 5 saturated carbocycles. The summed E-state index contributed by atoms with van der Waals surface area (Å²) in [6, 6.07) is 41.6. The molecule has 676 valence electrons. The van der Waals surface area contributed by atoms with Crippen molar-refractivity contribution in [2.75, 3.05) is 14.2 Å². The molecule has 5 aliphatic carbocycles. The second-order valence-electron chi connectivity index (χ2n) is 31.7. The molecule has 0 bridgehead atoms. The normalized spacial score (nSPS) is 13.8. The van der Waals surface area contributed by atoms with Crippen molar-refractivity contribution < 1.29 is 92.0 Å². The lowest BCUT2D eigenvalue weighted by Gasteiger charge is -2.09. The Morgan fingerprint density at radius 2 is 0.649 bits per heavy atom. The molecule has 0 atom stereocenters. The molecular weight excluding hydrogens is 1830 g/mol. The van der Waals surface area contributed by atoms with Crippen molar-refractivity contribution >= 4 is 156 Å². The fourth-order valence-corrected chi connectivity index (χ4v) is 16.5. The molecule has 5 aliphatic rings. The van der Waals surface area contributed by atoms with Crippen LogP contribution in [0.3, 0.4) is 0 Å². The molecule has 0 amide bonds. The maximum absolute atomic E-state index is 13.8. The number of carbonyl (C=O) groups is 3. The summed E-state index contributed by atoms with van der Waals surface area (Å²) in [5.41, 5.74) is 15.2. The van der Waals surface area contributed by atoms with Gasteiger partial charge < -0.3 is 42.4 Å². The van der Waals surface area contributed by atoms with E-state index in [1.54, 1.807) is 83.2 Å². The Kier molecular flexibility index (Phi) is 24.0. The van der Waals surface area contributed by atoms with Crippen LogP contribution in [0, 0.1) is 65.1 Å². The van der Waals surface area contributed by atoms with Crippen LogP contribution in [0.1, 0.15) is 131 Å². The van der Waals surface area contributed by atoms with E-state index >= 15 is 0 Å². The van der Waals surface area contributed by atoms with E-state index in [0.29, 0.717) is 117 Å². The number of nitrogens with one attached hydrogen (secondary N) is 1. The zero-order valence-corrected chi connectivity index (χ0v) is 71.7. The van der Waals surface area contributed by atoms with Gasteiger partial charge in [0, 0.05) is 90.9 Å². The Balaban J connectivity index is 0.000000108. The number of carboxylic acid groups (broad SMARTS) is 1. The highest BCUT2D eigenvalue weighted by atomic mass is 79.9. The minimum Gasteiger partial charge on any atom is -0.478 e. The lowest BCUT2D eigenvalue weighted by Crippen LogP contribution is -2.05. The Bertz CT molecular complexity index is 8150. The number of para-hydroxylation sites is 2. The van der Waals surface area contributed by atoms with Gasteiger partial charge in [0.15, 0.2) is 62.9 Å². The minimum atomic E-state index is -1.03. The zero-order chi connectivity index (χ0) is 93.9. The molecule has 5 fully saturated rings. The number of aromatic amines is 1. The molecule has 30 nitrogen and oxygen atoms in total. The first-order valence-corrected chi connectivity index (χ1v) is 42.2. The van der Waals surface area contributed by atoms with Crippen molar-refractivity contribution in [1.82, 2.24) is 95.9 Å². The molecule has 0 spiro atoms. The lowest BCUT2D eigenvalue weighted by molar-refractivity contribution is -0.193. The molecule has 41 heteroatoms. The van der Waals surface area contributed by atoms with Gasteiger partial charge in [-0.05, 0) is 171 Å².